The van der Waals surface area contributed by atoms with Crippen LogP contribution in [0.25, 0.3) is 5.69 Å². The van der Waals surface area contributed by atoms with E-state index in [0.29, 0.717) is 0 Å². The Kier molecular flexibility index (Phi) is 3.48. The van der Waals surface area contributed by atoms with Gasteiger partial charge < -0.3 is 4.98 Å². The fourth-order valence-corrected chi connectivity index (χ4v) is 2.51. The molecule has 90 valence electrons. The molecule has 0 saturated carbocycles. The molecule has 0 aliphatic carbocycles. The summed E-state index contributed by atoms with van der Waals surface area (Å²) in [5.74, 6) is 0. The van der Waals surface area contributed by atoms with Gasteiger partial charge in [0, 0.05) is 11.9 Å². The second-order valence-electron chi connectivity index (χ2n) is 4.24. The lowest BCUT2D eigenvalue weighted by Crippen LogP contribution is -2.02. The van der Waals surface area contributed by atoms with E-state index >= 15 is 0 Å². The molecule has 0 aliphatic heterocycles. The molecule has 17 heavy (non-hydrogen) atoms. The van der Waals surface area contributed by atoms with Gasteiger partial charge in [-0.1, -0.05) is 32.0 Å². The summed E-state index contributed by atoms with van der Waals surface area (Å²) in [6.45, 7) is 6.40. The van der Waals surface area contributed by atoms with Gasteiger partial charge in [0.2, 0.25) is 0 Å². The summed E-state index contributed by atoms with van der Waals surface area (Å²) in [4.78, 5) is 3.19. The third kappa shape index (κ3) is 2.20. The molecule has 2 rings (SSSR count). The topological polar surface area (TPSA) is 20.7 Å². The number of hydrogen-bond acceptors (Lipinski definition) is 1. The smallest absolute Gasteiger partial charge is 0.182 e. The minimum atomic E-state index is 0.776. The summed E-state index contributed by atoms with van der Waals surface area (Å²) in [7, 11) is 0. The fraction of sp³-hybridized carbons (Fsp3) is 0.357. The molecule has 1 heterocycles. The predicted octanol–water partition coefficient (Wildman–Crippen LogP) is 3.97. The lowest BCUT2D eigenvalue weighted by atomic mass is 10.0. The van der Waals surface area contributed by atoms with Crippen LogP contribution >= 0.6 is 12.2 Å². The van der Waals surface area contributed by atoms with Crippen LogP contribution in [0, 0.1) is 11.7 Å². The highest BCUT2D eigenvalue weighted by molar-refractivity contribution is 7.71. The highest BCUT2D eigenvalue weighted by Crippen LogP contribution is 2.22. The van der Waals surface area contributed by atoms with Crippen molar-refractivity contribution >= 4 is 12.2 Å². The van der Waals surface area contributed by atoms with Gasteiger partial charge in [-0.15, -0.1) is 0 Å². The van der Waals surface area contributed by atoms with Crippen molar-refractivity contribution in [3.8, 4) is 5.69 Å². The molecular weight excluding hydrogens is 228 g/mol. The summed E-state index contributed by atoms with van der Waals surface area (Å²) >= 11 is 5.38. The first-order chi connectivity index (χ1) is 8.17. The van der Waals surface area contributed by atoms with Crippen LogP contribution in [0.2, 0.25) is 0 Å². The Bertz CT molecular complexity index is 556. The monoisotopic (exact) mass is 246 g/mol. The van der Waals surface area contributed by atoms with Gasteiger partial charge in [-0.25, -0.2) is 0 Å². The number of nitrogens with zero attached hydrogens (tertiary/aromatic N) is 1. The molecule has 0 bridgehead atoms. The standard InChI is InChI=1S/C14H18N2S/c1-4-11-7-6-8-12(5-2)13(11)16-9-10(3)15-14(16)17/h6-9H,4-5H2,1-3H3,(H,15,17). The summed E-state index contributed by atoms with van der Waals surface area (Å²) in [5.41, 5.74) is 5.05. The number of para-hydroxylation sites is 1. The van der Waals surface area contributed by atoms with Gasteiger partial charge in [-0.2, -0.15) is 0 Å². The van der Waals surface area contributed by atoms with E-state index < -0.39 is 0 Å². The first-order valence-corrected chi connectivity index (χ1v) is 6.47. The normalized spacial score (nSPS) is 10.8. The Morgan fingerprint density at radius 3 is 2.18 bits per heavy atom. The van der Waals surface area contributed by atoms with Gasteiger partial charge in [-0.3, -0.25) is 4.57 Å². The molecule has 0 saturated heterocycles. The number of benzene rings is 1. The van der Waals surface area contributed by atoms with Crippen molar-refractivity contribution in [2.75, 3.05) is 0 Å². The van der Waals surface area contributed by atoms with E-state index in [2.05, 4.69) is 47.8 Å². The number of hydrogen-bond donors (Lipinski definition) is 1. The Morgan fingerprint density at radius 2 is 1.76 bits per heavy atom. The van der Waals surface area contributed by atoms with Crippen molar-refractivity contribution in [2.24, 2.45) is 0 Å². The molecule has 2 aromatic rings. The van der Waals surface area contributed by atoms with Gasteiger partial charge in [0.05, 0.1) is 5.69 Å². The second kappa shape index (κ2) is 4.88. The molecule has 1 aromatic heterocycles. The van der Waals surface area contributed by atoms with Crippen molar-refractivity contribution in [1.82, 2.24) is 9.55 Å². The number of aromatic nitrogens is 2. The maximum atomic E-state index is 5.38. The maximum Gasteiger partial charge on any atom is 0.182 e. The minimum Gasteiger partial charge on any atom is -0.335 e. The molecule has 1 N–H and O–H groups in total. The Hall–Kier alpha value is -1.35. The molecule has 0 fully saturated rings. The fourth-order valence-electron chi connectivity index (χ4n) is 2.20. The van der Waals surface area contributed by atoms with Crippen LogP contribution in [0.4, 0.5) is 0 Å². The summed E-state index contributed by atoms with van der Waals surface area (Å²) in [5, 5.41) is 0. The van der Waals surface area contributed by atoms with Crippen LogP contribution in [0.5, 0.6) is 0 Å². The summed E-state index contributed by atoms with van der Waals surface area (Å²) in [6, 6.07) is 6.49. The van der Waals surface area contributed by atoms with E-state index in [1.165, 1.54) is 16.8 Å². The third-order valence-corrected chi connectivity index (χ3v) is 3.35. The van der Waals surface area contributed by atoms with Crippen molar-refractivity contribution < 1.29 is 0 Å². The zero-order valence-corrected chi connectivity index (χ0v) is 11.4. The van der Waals surface area contributed by atoms with Crippen LogP contribution < -0.4 is 0 Å². The Labute approximate surface area is 107 Å². The van der Waals surface area contributed by atoms with Crippen LogP contribution in [0.1, 0.15) is 30.7 Å². The number of aromatic amines is 1. The average molecular weight is 246 g/mol. The molecular formula is C14H18N2S. The molecule has 1 aromatic carbocycles. The van der Waals surface area contributed by atoms with Gasteiger partial charge >= 0.3 is 0 Å². The Morgan fingerprint density at radius 1 is 1.18 bits per heavy atom. The minimum absolute atomic E-state index is 0.776. The van der Waals surface area contributed by atoms with E-state index in [9.17, 15) is 0 Å². The lowest BCUT2D eigenvalue weighted by molar-refractivity contribution is 0.950. The van der Waals surface area contributed by atoms with Crippen LogP contribution in [0.15, 0.2) is 24.4 Å². The molecule has 0 atom stereocenters. The van der Waals surface area contributed by atoms with E-state index in [1.807, 2.05) is 6.92 Å². The number of imidazole rings is 1. The van der Waals surface area contributed by atoms with Crippen molar-refractivity contribution in [3.05, 3.63) is 46.0 Å². The SMILES string of the molecule is CCc1cccc(CC)c1-n1cc(C)[nH]c1=S. The molecule has 0 unspecified atom stereocenters. The van der Waals surface area contributed by atoms with E-state index in [4.69, 9.17) is 12.2 Å². The zero-order valence-electron chi connectivity index (χ0n) is 10.6. The Balaban J connectivity index is 2.72. The average Bonchev–Trinajstić information content (AvgIpc) is 2.67. The predicted molar refractivity (Wildman–Crippen MR) is 74.4 cm³/mol. The first kappa shape index (κ1) is 12.1. The molecule has 0 spiro atoms. The van der Waals surface area contributed by atoms with Gasteiger partial charge in [-0.05, 0) is 43.1 Å². The second-order valence-corrected chi connectivity index (χ2v) is 4.63. The van der Waals surface area contributed by atoms with Crippen molar-refractivity contribution in [1.29, 1.82) is 0 Å². The maximum absolute atomic E-state index is 5.38. The third-order valence-electron chi connectivity index (χ3n) is 3.05. The quantitative estimate of drug-likeness (QED) is 0.813. The number of nitrogens with one attached hydrogen (secondary N) is 1. The van der Waals surface area contributed by atoms with Crippen LogP contribution in [-0.4, -0.2) is 9.55 Å². The molecule has 3 heteroatoms. The largest absolute Gasteiger partial charge is 0.335 e. The number of rotatable bonds is 3. The highest BCUT2D eigenvalue weighted by Gasteiger charge is 2.09. The highest BCUT2D eigenvalue weighted by atomic mass is 32.1. The lowest BCUT2D eigenvalue weighted by Gasteiger charge is -2.13. The van der Waals surface area contributed by atoms with Gasteiger partial charge in [0.15, 0.2) is 4.77 Å². The van der Waals surface area contributed by atoms with Crippen molar-refractivity contribution in [3.63, 3.8) is 0 Å². The molecule has 2 nitrogen and oxygen atoms in total. The van der Waals surface area contributed by atoms with Crippen LogP contribution in [-0.2, 0) is 12.8 Å². The summed E-state index contributed by atoms with van der Waals surface area (Å²) < 4.78 is 2.88. The number of H-pyrrole nitrogens is 1. The zero-order chi connectivity index (χ0) is 12.4. The van der Waals surface area contributed by atoms with Crippen molar-refractivity contribution in [2.45, 2.75) is 33.6 Å². The van der Waals surface area contributed by atoms with Gasteiger partial charge in [0.25, 0.3) is 0 Å². The first-order valence-electron chi connectivity index (χ1n) is 6.06. The van der Waals surface area contributed by atoms with Crippen LogP contribution in [0.3, 0.4) is 0 Å². The van der Waals surface area contributed by atoms with Gasteiger partial charge in [0.1, 0.15) is 0 Å². The van der Waals surface area contributed by atoms with E-state index in [1.54, 1.807) is 0 Å². The summed E-state index contributed by atoms with van der Waals surface area (Å²) in [6.07, 6.45) is 4.13. The van der Waals surface area contributed by atoms with E-state index in [-0.39, 0.29) is 0 Å². The molecule has 0 aliphatic rings. The molecule has 0 radical (unpaired) electrons. The number of aryl methyl sites for hydroxylation is 3. The van der Waals surface area contributed by atoms with E-state index in [0.717, 1.165) is 23.3 Å². The molecule has 0 amide bonds.